The number of methoxy groups -OCH3 is 1. The molecule has 2 aromatic rings. The van der Waals surface area contributed by atoms with Crippen LogP contribution in [0.3, 0.4) is 0 Å². The second kappa shape index (κ2) is 7.19. The molecule has 1 aliphatic rings. The van der Waals surface area contributed by atoms with Gasteiger partial charge in [0.1, 0.15) is 5.65 Å². The summed E-state index contributed by atoms with van der Waals surface area (Å²) in [6.45, 7) is 2.12. The van der Waals surface area contributed by atoms with E-state index in [0.29, 0.717) is 12.6 Å². The predicted octanol–water partition coefficient (Wildman–Crippen LogP) is 2.69. The third-order valence-corrected chi connectivity index (χ3v) is 4.29. The minimum atomic E-state index is -0.405. The molecule has 0 spiro atoms. The van der Waals surface area contributed by atoms with Gasteiger partial charge in [0.05, 0.1) is 12.1 Å². The number of ether oxygens (including phenoxy) is 1. The van der Waals surface area contributed by atoms with Crippen LogP contribution < -0.4 is 10.6 Å². The van der Waals surface area contributed by atoms with Crippen molar-refractivity contribution in [3.63, 3.8) is 0 Å². The Labute approximate surface area is 140 Å². The van der Waals surface area contributed by atoms with Crippen LogP contribution in [-0.4, -0.2) is 35.3 Å². The van der Waals surface area contributed by atoms with Crippen molar-refractivity contribution in [3.8, 4) is 0 Å². The smallest absolute Gasteiger partial charge is 0.406 e. The molecule has 23 heavy (non-hydrogen) atoms. The van der Waals surface area contributed by atoms with Crippen molar-refractivity contribution in [1.29, 1.82) is 0 Å². The minimum Gasteiger partial charge on any atom is -0.453 e. The van der Waals surface area contributed by atoms with Crippen molar-refractivity contribution in [1.82, 2.24) is 20.2 Å². The predicted molar refractivity (Wildman–Crippen MR) is 89.6 cm³/mol. The lowest BCUT2D eigenvalue weighted by Crippen LogP contribution is -2.24. The van der Waals surface area contributed by atoms with Crippen LogP contribution in [-0.2, 0) is 17.8 Å². The monoisotopic (exact) mass is 336 g/mol. The molecule has 1 amide bonds. The zero-order valence-electron chi connectivity index (χ0n) is 13.1. The molecular formula is C16H21ClN4O2. The van der Waals surface area contributed by atoms with Crippen molar-refractivity contribution >= 4 is 28.7 Å². The normalized spacial score (nSPS) is 14.2. The molecule has 1 fully saturated rings. The van der Waals surface area contributed by atoms with E-state index >= 15 is 0 Å². The van der Waals surface area contributed by atoms with Crippen LogP contribution in [0.5, 0.6) is 0 Å². The molecular weight excluding hydrogens is 316 g/mol. The van der Waals surface area contributed by atoms with Gasteiger partial charge in [0, 0.05) is 43.5 Å². The van der Waals surface area contributed by atoms with Crippen LogP contribution in [0.4, 0.5) is 4.79 Å². The molecule has 124 valence electrons. The zero-order chi connectivity index (χ0) is 16.2. The van der Waals surface area contributed by atoms with E-state index in [1.807, 2.05) is 6.07 Å². The molecule has 3 rings (SSSR count). The van der Waals surface area contributed by atoms with Crippen molar-refractivity contribution in [2.24, 2.45) is 0 Å². The number of hydrogen-bond donors (Lipinski definition) is 2. The van der Waals surface area contributed by atoms with E-state index < -0.39 is 6.09 Å². The molecule has 2 aromatic heterocycles. The number of halogens is 1. The van der Waals surface area contributed by atoms with Crippen LogP contribution in [0.1, 0.15) is 24.8 Å². The lowest BCUT2D eigenvalue weighted by Gasteiger charge is -2.06. The lowest BCUT2D eigenvalue weighted by atomic mass is 10.2. The number of rotatable bonds is 7. The van der Waals surface area contributed by atoms with Crippen LogP contribution in [0.2, 0.25) is 5.02 Å². The lowest BCUT2D eigenvalue weighted by molar-refractivity contribution is 0.171. The van der Waals surface area contributed by atoms with E-state index in [9.17, 15) is 4.79 Å². The van der Waals surface area contributed by atoms with Crippen molar-refractivity contribution < 1.29 is 9.53 Å². The van der Waals surface area contributed by atoms with E-state index in [4.69, 9.17) is 11.6 Å². The maximum absolute atomic E-state index is 11.1. The highest BCUT2D eigenvalue weighted by Gasteiger charge is 2.21. The zero-order valence-corrected chi connectivity index (χ0v) is 13.9. The van der Waals surface area contributed by atoms with Gasteiger partial charge in [-0.2, -0.15) is 0 Å². The fourth-order valence-corrected chi connectivity index (χ4v) is 2.88. The topological polar surface area (TPSA) is 68.2 Å². The third kappa shape index (κ3) is 3.95. The van der Waals surface area contributed by atoms with Gasteiger partial charge < -0.3 is 19.9 Å². The van der Waals surface area contributed by atoms with Gasteiger partial charge in [-0.1, -0.05) is 11.6 Å². The largest absolute Gasteiger partial charge is 0.453 e. The van der Waals surface area contributed by atoms with Crippen molar-refractivity contribution in [3.05, 3.63) is 29.0 Å². The Bertz CT molecular complexity index is 697. The molecule has 0 bridgehead atoms. The molecule has 6 nitrogen and oxygen atoms in total. The molecule has 0 saturated heterocycles. The second-order valence-corrected chi connectivity index (χ2v) is 6.17. The second-order valence-electron chi connectivity index (χ2n) is 5.77. The first-order chi connectivity index (χ1) is 11.2. The summed E-state index contributed by atoms with van der Waals surface area (Å²) in [5.74, 6) is 0. The number of carbonyl (C=O) groups is 1. The van der Waals surface area contributed by atoms with Gasteiger partial charge in [-0.3, -0.25) is 0 Å². The van der Waals surface area contributed by atoms with E-state index in [-0.39, 0.29) is 0 Å². The molecule has 0 atom stereocenters. The summed E-state index contributed by atoms with van der Waals surface area (Å²) in [7, 11) is 1.36. The highest BCUT2D eigenvalue weighted by atomic mass is 35.5. The first-order valence-corrected chi connectivity index (χ1v) is 8.24. The molecule has 0 radical (unpaired) electrons. The van der Waals surface area contributed by atoms with Crippen LogP contribution in [0.15, 0.2) is 18.5 Å². The van der Waals surface area contributed by atoms with Crippen molar-refractivity contribution in [2.75, 3.05) is 13.7 Å². The van der Waals surface area contributed by atoms with E-state index in [1.165, 1.54) is 25.5 Å². The molecule has 0 aromatic carbocycles. The van der Waals surface area contributed by atoms with Gasteiger partial charge in [0.25, 0.3) is 0 Å². The Balaban J connectivity index is 1.71. The number of carbonyl (C=O) groups excluding carboxylic acids is 1. The molecule has 7 heteroatoms. The first-order valence-electron chi connectivity index (χ1n) is 7.86. The summed E-state index contributed by atoms with van der Waals surface area (Å²) in [5.41, 5.74) is 2.06. The number of hydrogen-bond acceptors (Lipinski definition) is 4. The van der Waals surface area contributed by atoms with E-state index in [0.717, 1.165) is 35.6 Å². The molecule has 0 aliphatic heterocycles. The fourth-order valence-electron chi connectivity index (χ4n) is 2.61. The number of fused-ring (bicyclic) bond motifs is 1. The van der Waals surface area contributed by atoms with Gasteiger partial charge in [-0.05, 0) is 30.9 Å². The number of alkyl carbamates (subject to hydrolysis) is 1. The highest BCUT2D eigenvalue weighted by Crippen LogP contribution is 2.28. The minimum absolute atomic E-state index is 0.405. The Morgan fingerprint density at radius 2 is 2.35 bits per heavy atom. The Morgan fingerprint density at radius 3 is 3.09 bits per heavy atom. The van der Waals surface area contributed by atoms with E-state index in [2.05, 4.69) is 31.1 Å². The summed E-state index contributed by atoms with van der Waals surface area (Å²) in [4.78, 5) is 15.5. The Hall–Kier alpha value is -1.79. The maximum atomic E-state index is 11.1. The molecule has 2 heterocycles. The molecule has 0 unspecified atom stereocenters. The average molecular weight is 337 g/mol. The van der Waals surface area contributed by atoms with Gasteiger partial charge in [0.15, 0.2) is 0 Å². The number of pyridine rings is 1. The maximum Gasteiger partial charge on any atom is 0.406 e. The molecule has 2 N–H and O–H groups in total. The summed E-state index contributed by atoms with van der Waals surface area (Å²) in [6.07, 6.45) is 6.73. The first kappa shape index (κ1) is 16.1. The number of amides is 1. The van der Waals surface area contributed by atoms with Crippen LogP contribution >= 0.6 is 11.6 Å². The van der Waals surface area contributed by atoms with Gasteiger partial charge in [0.2, 0.25) is 0 Å². The van der Waals surface area contributed by atoms with Crippen molar-refractivity contribution in [2.45, 2.75) is 38.4 Å². The highest BCUT2D eigenvalue weighted by molar-refractivity contribution is 6.35. The summed E-state index contributed by atoms with van der Waals surface area (Å²) in [5, 5.41) is 7.95. The van der Waals surface area contributed by atoms with Crippen LogP contribution in [0.25, 0.3) is 11.0 Å². The third-order valence-electron chi connectivity index (χ3n) is 3.97. The van der Waals surface area contributed by atoms with Gasteiger partial charge >= 0.3 is 6.09 Å². The number of nitrogens with one attached hydrogen (secondary N) is 2. The number of aromatic nitrogens is 2. The number of nitrogens with zero attached hydrogens (tertiary/aromatic N) is 2. The average Bonchev–Trinajstić information content (AvgIpc) is 3.31. The van der Waals surface area contributed by atoms with Gasteiger partial charge in [-0.25, -0.2) is 9.78 Å². The van der Waals surface area contributed by atoms with Gasteiger partial charge in [-0.15, -0.1) is 0 Å². The fraction of sp³-hybridized carbons (Fsp3) is 0.500. The summed E-state index contributed by atoms with van der Waals surface area (Å²) >= 11 is 6.37. The number of aryl methyl sites for hydroxylation is 1. The summed E-state index contributed by atoms with van der Waals surface area (Å²) in [6, 6.07) is 2.47. The van der Waals surface area contributed by atoms with E-state index in [1.54, 1.807) is 6.20 Å². The standard InChI is InChI=1S/C16H21ClN4O2/c1-23-16(22)19-6-2-8-21-10-11(9-20-12-3-4-12)14-13(17)5-7-18-15(14)21/h5,7,10,12,20H,2-4,6,8-9H2,1H3,(H,19,22). The SMILES string of the molecule is COC(=O)NCCCn1cc(CNC2CC2)c2c(Cl)ccnc21. The Kier molecular flexibility index (Phi) is 5.03. The Morgan fingerprint density at radius 1 is 1.52 bits per heavy atom. The quantitative estimate of drug-likeness (QED) is 0.763. The summed E-state index contributed by atoms with van der Waals surface area (Å²) < 4.78 is 6.66. The van der Waals surface area contributed by atoms with Crippen LogP contribution in [0, 0.1) is 0 Å². The molecule has 1 aliphatic carbocycles. The molecule has 1 saturated carbocycles.